The third-order valence-corrected chi connectivity index (χ3v) is 6.71. The second-order valence-corrected chi connectivity index (χ2v) is 8.87. The van der Waals surface area contributed by atoms with Crippen LogP contribution in [0.4, 0.5) is 0 Å². The van der Waals surface area contributed by atoms with Gasteiger partial charge in [-0.3, -0.25) is 0 Å². The standard InChI is InChI=1S/C30H22N4O3/c1-35-21-14-11-20(12-15-21)26-27-23-10-6-5-7-19(23)13-16-24(27)37-30-28(26)29-32-25(33-34(29)18-31-30)17-36-22-8-3-2-4-9-22/h2-16,18,26H,17H2,1H3. The zero-order chi connectivity index (χ0) is 24.8. The quantitative estimate of drug-likeness (QED) is 0.291. The molecule has 1 unspecified atom stereocenters. The predicted molar refractivity (Wildman–Crippen MR) is 140 cm³/mol. The van der Waals surface area contributed by atoms with Crippen LogP contribution in [0.25, 0.3) is 16.4 Å². The van der Waals surface area contributed by atoms with E-state index in [0.717, 1.165) is 44.7 Å². The molecule has 0 aliphatic carbocycles. The molecule has 0 N–H and O–H groups in total. The van der Waals surface area contributed by atoms with Crippen LogP contribution in [0.2, 0.25) is 0 Å². The molecule has 0 saturated heterocycles. The van der Waals surface area contributed by atoms with Gasteiger partial charge in [0.05, 0.1) is 12.7 Å². The molecule has 2 aromatic heterocycles. The smallest absolute Gasteiger partial charge is 0.228 e. The van der Waals surface area contributed by atoms with Gasteiger partial charge in [0.25, 0.3) is 0 Å². The number of benzene rings is 4. The van der Waals surface area contributed by atoms with Crippen LogP contribution in [-0.4, -0.2) is 26.7 Å². The Morgan fingerprint density at radius 2 is 1.65 bits per heavy atom. The van der Waals surface area contributed by atoms with Crippen LogP contribution >= 0.6 is 0 Å². The number of hydrogen-bond acceptors (Lipinski definition) is 6. The van der Waals surface area contributed by atoms with E-state index < -0.39 is 0 Å². The van der Waals surface area contributed by atoms with Gasteiger partial charge in [0, 0.05) is 11.5 Å². The summed E-state index contributed by atoms with van der Waals surface area (Å²) in [5.74, 6) is 3.28. The van der Waals surface area contributed by atoms with Crippen molar-refractivity contribution in [2.24, 2.45) is 0 Å². The topological polar surface area (TPSA) is 70.8 Å². The van der Waals surface area contributed by atoms with E-state index in [2.05, 4.69) is 46.5 Å². The lowest BCUT2D eigenvalue weighted by Gasteiger charge is -2.29. The van der Waals surface area contributed by atoms with Gasteiger partial charge in [0.2, 0.25) is 5.88 Å². The Labute approximate surface area is 212 Å². The molecule has 0 saturated carbocycles. The molecule has 0 spiro atoms. The number of ether oxygens (including phenoxy) is 3. The van der Waals surface area contributed by atoms with Gasteiger partial charge < -0.3 is 14.2 Å². The van der Waals surface area contributed by atoms with E-state index in [9.17, 15) is 0 Å². The minimum atomic E-state index is -0.168. The van der Waals surface area contributed by atoms with Gasteiger partial charge in [-0.05, 0) is 46.7 Å². The Morgan fingerprint density at radius 1 is 0.838 bits per heavy atom. The monoisotopic (exact) mass is 486 g/mol. The zero-order valence-electron chi connectivity index (χ0n) is 20.0. The average Bonchev–Trinajstić information content (AvgIpc) is 3.39. The molecule has 37 heavy (non-hydrogen) atoms. The molecule has 7 nitrogen and oxygen atoms in total. The van der Waals surface area contributed by atoms with Crippen molar-refractivity contribution < 1.29 is 14.2 Å². The van der Waals surface area contributed by atoms with Crippen LogP contribution in [0.1, 0.15) is 28.4 Å². The normalized spacial score (nSPS) is 14.1. The van der Waals surface area contributed by atoms with E-state index in [1.165, 1.54) is 0 Å². The van der Waals surface area contributed by atoms with Crippen molar-refractivity contribution in [1.82, 2.24) is 19.6 Å². The minimum absolute atomic E-state index is 0.168. The van der Waals surface area contributed by atoms with Gasteiger partial charge in [-0.2, -0.15) is 0 Å². The number of aromatic nitrogens is 4. The summed E-state index contributed by atoms with van der Waals surface area (Å²) in [5, 5.41) is 6.92. The van der Waals surface area contributed by atoms with Crippen molar-refractivity contribution in [2.75, 3.05) is 7.11 Å². The van der Waals surface area contributed by atoms with Crippen LogP contribution in [0.3, 0.4) is 0 Å². The summed E-state index contributed by atoms with van der Waals surface area (Å²) in [6.45, 7) is 0.244. The molecule has 6 aromatic rings. The van der Waals surface area contributed by atoms with Crippen molar-refractivity contribution in [3.8, 4) is 23.1 Å². The summed E-state index contributed by atoms with van der Waals surface area (Å²) in [6, 6.07) is 30.2. The Balaban J connectivity index is 1.41. The molecule has 0 radical (unpaired) electrons. The number of nitrogens with zero attached hydrogens (tertiary/aromatic N) is 4. The Morgan fingerprint density at radius 3 is 2.49 bits per heavy atom. The molecule has 7 heteroatoms. The molecule has 1 atom stereocenters. The molecule has 0 fully saturated rings. The first-order valence-corrected chi connectivity index (χ1v) is 12.0. The van der Waals surface area contributed by atoms with Gasteiger partial charge in [0.1, 0.15) is 30.2 Å². The van der Waals surface area contributed by atoms with Crippen molar-refractivity contribution in [1.29, 1.82) is 0 Å². The van der Waals surface area contributed by atoms with Crippen molar-refractivity contribution in [3.63, 3.8) is 0 Å². The SMILES string of the molecule is COc1ccc(C2c3c(ccc4ccccc34)Oc3ncn4nc(COc5ccccc5)nc4c32)cc1. The van der Waals surface area contributed by atoms with Crippen LogP contribution in [0.15, 0.2) is 97.3 Å². The maximum atomic E-state index is 6.38. The van der Waals surface area contributed by atoms with E-state index in [4.69, 9.17) is 19.2 Å². The molecule has 7 rings (SSSR count). The van der Waals surface area contributed by atoms with E-state index >= 15 is 0 Å². The highest BCUT2D eigenvalue weighted by atomic mass is 16.5. The van der Waals surface area contributed by atoms with E-state index in [-0.39, 0.29) is 12.5 Å². The zero-order valence-corrected chi connectivity index (χ0v) is 20.0. The predicted octanol–water partition coefficient (Wildman–Crippen LogP) is 6.15. The Bertz CT molecular complexity index is 1750. The van der Waals surface area contributed by atoms with E-state index in [1.807, 2.05) is 54.6 Å². The first-order chi connectivity index (χ1) is 18.3. The number of fused-ring (bicyclic) bond motifs is 6. The highest BCUT2D eigenvalue weighted by molar-refractivity contribution is 5.90. The number of rotatable bonds is 5. The van der Waals surface area contributed by atoms with Gasteiger partial charge in [-0.15, -0.1) is 5.10 Å². The second-order valence-electron chi connectivity index (χ2n) is 8.87. The van der Waals surface area contributed by atoms with E-state index in [0.29, 0.717) is 17.4 Å². The minimum Gasteiger partial charge on any atom is -0.497 e. The van der Waals surface area contributed by atoms with Crippen LogP contribution in [-0.2, 0) is 6.61 Å². The fourth-order valence-corrected chi connectivity index (χ4v) is 5.00. The summed E-state index contributed by atoms with van der Waals surface area (Å²) >= 11 is 0. The van der Waals surface area contributed by atoms with Crippen LogP contribution in [0.5, 0.6) is 23.1 Å². The third kappa shape index (κ3) is 3.63. The summed E-state index contributed by atoms with van der Waals surface area (Å²) < 4.78 is 19.4. The van der Waals surface area contributed by atoms with Gasteiger partial charge >= 0.3 is 0 Å². The van der Waals surface area contributed by atoms with Crippen molar-refractivity contribution in [3.05, 3.63) is 120 Å². The highest BCUT2D eigenvalue weighted by Gasteiger charge is 2.34. The van der Waals surface area contributed by atoms with Crippen LogP contribution in [0, 0.1) is 0 Å². The van der Waals surface area contributed by atoms with Crippen molar-refractivity contribution in [2.45, 2.75) is 12.5 Å². The van der Waals surface area contributed by atoms with Gasteiger partial charge in [0.15, 0.2) is 11.5 Å². The average molecular weight is 487 g/mol. The molecule has 180 valence electrons. The molecule has 4 aromatic carbocycles. The Kier molecular flexibility index (Phi) is 4.99. The number of para-hydroxylation sites is 1. The highest BCUT2D eigenvalue weighted by Crippen LogP contribution is 2.50. The maximum absolute atomic E-state index is 6.38. The first-order valence-electron chi connectivity index (χ1n) is 12.0. The third-order valence-electron chi connectivity index (χ3n) is 6.71. The Hall–Kier alpha value is -4.91. The molecular weight excluding hydrogens is 464 g/mol. The maximum Gasteiger partial charge on any atom is 0.228 e. The second kappa shape index (κ2) is 8.64. The van der Waals surface area contributed by atoms with Gasteiger partial charge in [-0.25, -0.2) is 14.5 Å². The van der Waals surface area contributed by atoms with Crippen molar-refractivity contribution >= 4 is 16.4 Å². The lowest BCUT2D eigenvalue weighted by Crippen LogP contribution is -2.15. The largest absolute Gasteiger partial charge is 0.497 e. The molecule has 1 aliphatic rings. The molecule has 1 aliphatic heterocycles. The molecular formula is C30H22N4O3. The fourth-order valence-electron chi connectivity index (χ4n) is 5.00. The molecule has 3 heterocycles. The van der Waals surface area contributed by atoms with E-state index in [1.54, 1.807) is 18.0 Å². The molecule has 0 amide bonds. The summed E-state index contributed by atoms with van der Waals surface area (Å²) in [4.78, 5) is 9.53. The summed E-state index contributed by atoms with van der Waals surface area (Å²) in [6.07, 6.45) is 1.64. The fraction of sp³-hybridized carbons (Fsp3) is 0.100. The van der Waals surface area contributed by atoms with Crippen LogP contribution < -0.4 is 14.2 Å². The first kappa shape index (κ1) is 21.4. The van der Waals surface area contributed by atoms with Gasteiger partial charge in [-0.1, -0.05) is 60.7 Å². The lowest BCUT2D eigenvalue weighted by atomic mass is 9.81. The number of methoxy groups -OCH3 is 1. The molecule has 0 bridgehead atoms. The number of hydrogen-bond donors (Lipinski definition) is 0. The summed E-state index contributed by atoms with van der Waals surface area (Å²) in [5.41, 5.74) is 3.73. The summed E-state index contributed by atoms with van der Waals surface area (Å²) in [7, 11) is 1.67. The lowest BCUT2D eigenvalue weighted by molar-refractivity contribution is 0.296.